The number of carbonyl (C=O) groups is 1. The molecule has 4 rings (SSSR count). The number of carbonyl (C=O) groups excluding carboxylic acids is 1. The van der Waals surface area contributed by atoms with Gasteiger partial charge < -0.3 is 5.32 Å². The van der Waals surface area contributed by atoms with Gasteiger partial charge in [-0.05, 0) is 66.5 Å². The van der Waals surface area contributed by atoms with Gasteiger partial charge in [-0.15, -0.1) is 0 Å². The molecule has 3 aromatic carbocycles. The van der Waals surface area contributed by atoms with E-state index in [9.17, 15) is 13.2 Å². The lowest BCUT2D eigenvalue weighted by atomic mass is 10.2. The number of aromatic nitrogens is 1. The molecule has 0 radical (unpaired) electrons. The molecule has 164 valence electrons. The summed E-state index contributed by atoms with van der Waals surface area (Å²) >= 11 is 7.33. The number of amides is 1. The quantitative estimate of drug-likeness (QED) is 0.395. The second-order valence-electron chi connectivity index (χ2n) is 7.34. The van der Waals surface area contributed by atoms with E-state index in [0.29, 0.717) is 10.7 Å². The monoisotopic (exact) mass is 485 g/mol. The predicted octanol–water partition coefficient (Wildman–Crippen LogP) is 5.09. The fraction of sp³-hybridized carbons (Fsp3) is 0.130. The van der Waals surface area contributed by atoms with E-state index in [1.54, 1.807) is 60.8 Å². The van der Waals surface area contributed by atoms with Gasteiger partial charge in [-0.25, -0.2) is 8.42 Å². The number of aryl methyl sites for hydroxylation is 1. The normalized spacial score (nSPS) is 11.7. The van der Waals surface area contributed by atoms with Crippen LogP contribution in [0.4, 0.5) is 5.69 Å². The molecule has 0 atom stereocenters. The largest absolute Gasteiger partial charge is 0.325 e. The fourth-order valence-corrected chi connectivity index (χ4v) is 5.33. The molecule has 0 fully saturated rings. The molecule has 4 aromatic rings. The van der Waals surface area contributed by atoms with E-state index in [2.05, 4.69) is 9.69 Å². The number of anilines is 1. The van der Waals surface area contributed by atoms with Crippen LogP contribution in [0.15, 0.2) is 77.8 Å². The highest BCUT2D eigenvalue weighted by molar-refractivity contribution is 7.89. The Bertz CT molecular complexity index is 1350. The first-order valence-corrected chi connectivity index (χ1v) is 12.4. The Hall–Kier alpha value is -2.78. The SMILES string of the molecule is Cc1ccc(S(=O)(=O)N(CC(=O)Nc2ccc3sncc3c2)Cc2ccc(Cl)cc2)cc1. The van der Waals surface area contributed by atoms with Gasteiger partial charge in [0.1, 0.15) is 0 Å². The molecular weight excluding hydrogens is 466 g/mol. The van der Waals surface area contributed by atoms with Crippen molar-refractivity contribution < 1.29 is 13.2 Å². The number of halogens is 1. The molecule has 1 amide bonds. The summed E-state index contributed by atoms with van der Waals surface area (Å²) < 4.78 is 33.0. The molecule has 6 nitrogen and oxygen atoms in total. The van der Waals surface area contributed by atoms with Crippen LogP contribution in [0.1, 0.15) is 11.1 Å². The lowest BCUT2D eigenvalue weighted by Gasteiger charge is -2.22. The molecule has 0 bridgehead atoms. The highest BCUT2D eigenvalue weighted by Crippen LogP contribution is 2.23. The maximum Gasteiger partial charge on any atom is 0.243 e. The number of rotatable bonds is 7. The number of hydrogen-bond donors (Lipinski definition) is 1. The summed E-state index contributed by atoms with van der Waals surface area (Å²) in [6.45, 7) is 1.59. The van der Waals surface area contributed by atoms with Crippen molar-refractivity contribution >= 4 is 54.8 Å². The van der Waals surface area contributed by atoms with Crippen LogP contribution < -0.4 is 5.32 Å². The number of nitrogens with zero attached hydrogens (tertiary/aromatic N) is 2. The van der Waals surface area contributed by atoms with Gasteiger partial charge in [0.05, 0.1) is 16.1 Å². The molecule has 1 aromatic heterocycles. The van der Waals surface area contributed by atoms with Crippen LogP contribution in [-0.4, -0.2) is 29.5 Å². The summed E-state index contributed by atoms with van der Waals surface area (Å²) in [5, 5.41) is 4.26. The molecule has 0 unspecified atom stereocenters. The van der Waals surface area contributed by atoms with Crippen molar-refractivity contribution in [1.82, 2.24) is 8.68 Å². The molecule has 9 heteroatoms. The minimum atomic E-state index is -3.91. The Kier molecular flexibility index (Phi) is 6.57. The van der Waals surface area contributed by atoms with Crippen LogP contribution >= 0.6 is 23.1 Å². The summed E-state index contributed by atoms with van der Waals surface area (Å²) in [5.41, 5.74) is 2.26. The zero-order valence-electron chi connectivity index (χ0n) is 17.2. The second kappa shape index (κ2) is 9.38. The smallest absolute Gasteiger partial charge is 0.243 e. The molecule has 0 aliphatic heterocycles. The molecule has 1 N–H and O–H groups in total. The molecule has 1 heterocycles. The molecule has 0 aliphatic carbocycles. The van der Waals surface area contributed by atoms with E-state index in [0.717, 1.165) is 21.2 Å². The Labute approximate surface area is 195 Å². The number of fused-ring (bicyclic) bond motifs is 1. The first-order valence-electron chi connectivity index (χ1n) is 9.77. The van der Waals surface area contributed by atoms with Crippen molar-refractivity contribution in [3.63, 3.8) is 0 Å². The van der Waals surface area contributed by atoms with Gasteiger partial charge in [0.15, 0.2) is 0 Å². The van der Waals surface area contributed by atoms with Crippen molar-refractivity contribution in [3.05, 3.63) is 89.1 Å². The molecule has 0 aliphatic rings. The minimum Gasteiger partial charge on any atom is -0.325 e. The highest BCUT2D eigenvalue weighted by Gasteiger charge is 2.27. The van der Waals surface area contributed by atoms with Crippen LogP contribution in [0.3, 0.4) is 0 Å². The maximum atomic E-state index is 13.4. The lowest BCUT2D eigenvalue weighted by molar-refractivity contribution is -0.116. The standard InChI is InChI=1S/C23H20ClN3O3S2/c1-16-2-9-21(10-3-16)32(29,30)27(14-17-4-6-19(24)7-5-17)15-23(28)26-20-8-11-22-18(12-20)13-25-31-22/h2-13H,14-15H2,1H3,(H,26,28). The predicted molar refractivity (Wildman–Crippen MR) is 128 cm³/mol. The van der Waals surface area contributed by atoms with Crippen molar-refractivity contribution in [2.75, 3.05) is 11.9 Å². The van der Waals surface area contributed by atoms with E-state index in [-0.39, 0.29) is 18.0 Å². The average Bonchev–Trinajstić information content (AvgIpc) is 3.23. The summed E-state index contributed by atoms with van der Waals surface area (Å²) in [6, 6.07) is 18.9. The van der Waals surface area contributed by atoms with Crippen molar-refractivity contribution in [2.24, 2.45) is 0 Å². The van der Waals surface area contributed by atoms with Crippen molar-refractivity contribution in [2.45, 2.75) is 18.4 Å². The van der Waals surface area contributed by atoms with Crippen LogP contribution in [-0.2, 0) is 21.4 Å². The topological polar surface area (TPSA) is 79.4 Å². The van der Waals surface area contributed by atoms with Gasteiger partial charge in [-0.2, -0.15) is 8.68 Å². The third-order valence-electron chi connectivity index (χ3n) is 4.89. The fourth-order valence-electron chi connectivity index (χ4n) is 3.19. The lowest BCUT2D eigenvalue weighted by Crippen LogP contribution is -2.37. The Morgan fingerprint density at radius 2 is 1.78 bits per heavy atom. The molecule has 0 saturated carbocycles. The van der Waals surface area contributed by atoms with Crippen LogP contribution in [0.5, 0.6) is 0 Å². The van der Waals surface area contributed by atoms with Crippen LogP contribution in [0.2, 0.25) is 5.02 Å². The zero-order chi connectivity index (χ0) is 22.7. The van der Waals surface area contributed by atoms with Gasteiger partial charge in [0.25, 0.3) is 0 Å². The summed E-state index contributed by atoms with van der Waals surface area (Å²) in [4.78, 5) is 13.0. The Morgan fingerprint density at radius 1 is 1.06 bits per heavy atom. The summed E-state index contributed by atoms with van der Waals surface area (Å²) in [6.07, 6.45) is 1.73. The molecular formula is C23H20ClN3O3S2. The van der Waals surface area contributed by atoms with Gasteiger partial charge in [0.2, 0.25) is 15.9 Å². The zero-order valence-corrected chi connectivity index (χ0v) is 19.5. The van der Waals surface area contributed by atoms with Crippen LogP contribution in [0.25, 0.3) is 10.1 Å². The van der Waals surface area contributed by atoms with Gasteiger partial charge in [-0.3, -0.25) is 4.79 Å². The van der Waals surface area contributed by atoms with E-state index in [4.69, 9.17) is 11.6 Å². The van der Waals surface area contributed by atoms with Crippen LogP contribution in [0, 0.1) is 6.92 Å². The van der Waals surface area contributed by atoms with E-state index in [1.165, 1.54) is 15.8 Å². The van der Waals surface area contributed by atoms with Gasteiger partial charge in [0, 0.05) is 28.8 Å². The van der Waals surface area contributed by atoms with Crippen molar-refractivity contribution in [1.29, 1.82) is 0 Å². The number of sulfonamides is 1. The minimum absolute atomic E-state index is 0.0360. The summed E-state index contributed by atoms with van der Waals surface area (Å²) in [7, 11) is -3.91. The van der Waals surface area contributed by atoms with E-state index >= 15 is 0 Å². The summed E-state index contributed by atoms with van der Waals surface area (Å²) in [5.74, 6) is -0.433. The molecule has 32 heavy (non-hydrogen) atoms. The number of nitrogens with one attached hydrogen (secondary N) is 1. The second-order valence-corrected chi connectivity index (χ2v) is 10.5. The first kappa shape index (κ1) is 22.4. The average molecular weight is 486 g/mol. The highest BCUT2D eigenvalue weighted by atomic mass is 35.5. The van der Waals surface area contributed by atoms with Gasteiger partial charge in [-0.1, -0.05) is 41.4 Å². The van der Waals surface area contributed by atoms with Crippen molar-refractivity contribution in [3.8, 4) is 0 Å². The molecule has 0 spiro atoms. The Balaban J connectivity index is 1.59. The van der Waals surface area contributed by atoms with E-state index in [1.807, 2.05) is 19.1 Å². The third kappa shape index (κ3) is 5.16. The Morgan fingerprint density at radius 3 is 2.50 bits per heavy atom. The number of benzene rings is 3. The number of hydrogen-bond acceptors (Lipinski definition) is 5. The third-order valence-corrected chi connectivity index (χ3v) is 7.72. The molecule has 0 saturated heterocycles. The maximum absolute atomic E-state index is 13.4. The van der Waals surface area contributed by atoms with E-state index < -0.39 is 15.9 Å². The van der Waals surface area contributed by atoms with Gasteiger partial charge >= 0.3 is 0 Å². The first-order chi connectivity index (χ1) is 15.3.